The average molecular weight is 237 g/mol. The molecule has 0 radical (unpaired) electrons. The second-order valence-electron chi connectivity index (χ2n) is 4.67. The Morgan fingerprint density at radius 2 is 1.94 bits per heavy atom. The second kappa shape index (κ2) is 6.15. The molecular weight excluding hydrogens is 214 g/mol. The molecule has 0 aromatic heterocycles. The van der Waals surface area contributed by atoms with Crippen LogP contribution in [0.2, 0.25) is 0 Å². The Kier molecular flexibility index (Phi) is 5.12. The molecular formula is C14H23NO2. The van der Waals surface area contributed by atoms with Crippen LogP contribution in [0.15, 0.2) is 18.2 Å². The number of rotatable bonds is 5. The molecule has 3 atom stereocenters. The monoisotopic (exact) mass is 237 g/mol. The van der Waals surface area contributed by atoms with Gasteiger partial charge in [0.2, 0.25) is 0 Å². The Hall–Kier alpha value is -0.900. The molecule has 1 rings (SSSR count). The van der Waals surface area contributed by atoms with E-state index in [9.17, 15) is 5.11 Å². The number of hydrogen-bond donors (Lipinski definition) is 2. The Morgan fingerprint density at radius 3 is 2.41 bits per heavy atom. The van der Waals surface area contributed by atoms with Gasteiger partial charge in [0.15, 0.2) is 0 Å². The number of aryl methyl sites for hydroxylation is 2. The minimum absolute atomic E-state index is 0.153. The van der Waals surface area contributed by atoms with Gasteiger partial charge in [0, 0.05) is 6.54 Å². The number of hydrogen-bond acceptors (Lipinski definition) is 3. The highest BCUT2D eigenvalue weighted by Gasteiger charge is 2.18. The summed E-state index contributed by atoms with van der Waals surface area (Å²) in [7, 11) is 0. The highest BCUT2D eigenvalue weighted by atomic mass is 16.5. The molecule has 3 heteroatoms. The van der Waals surface area contributed by atoms with Crippen molar-refractivity contribution in [2.45, 2.75) is 46.0 Å². The first-order valence-electron chi connectivity index (χ1n) is 6.06. The van der Waals surface area contributed by atoms with Crippen LogP contribution in [-0.4, -0.2) is 23.9 Å². The molecule has 0 fully saturated rings. The molecule has 0 aliphatic rings. The van der Waals surface area contributed by atoms with E-state index in [2.05, 4.69) is 32.0 Å². The van der Waals surface area contributed by atoms with Gasteiger partial charge in [0.1, 0.15) is 0 Å². The van der Waals surface area contributed by atoms with Gasteiger partial charge in [-0.05, 0) is 38.8 Å². The largest absolute Gasteiger partial charge is 0.391 e. The standard InChI is InChI=1S/C14H23NO2/c1-9-5-6-13(10(2)7-9)14(8-15)17-12(4)11(3)16/h5-7,11-12,14,16H,8,15H2,1-4H3. The van der Waals surface area contributed by atoms with Gasteiger partial charge >= 0.3 is 0 Å². The summed E-state index contributed by atoms with van der Waals surface area (Å²) < 4.78 is 5.79. The summed E-state index contributed by atoms with van der Waals surface area (Å²) in [6.07, 6.45) is -0.862. The molecule has 0 amide bonds. The average Bonchev–Trinajstić information content (AvgIpc) is 2.26. The molecule has 0 saturated heterocycles. The summed E-state index contributed by atoms with van der Waals surface area (Å²) in [5, 5.41) is 9.46. The number of aliphatic hydroxyl groups is 1. The number of ether oxygens (including phenoxy) is 1. The van der Waals surface area contributed by atoms with Crippen molar-refractivity contribution in [3.8, 4) is 0 Å². The fourth-order valence-corrected chi connectivity index (χ4v) is 1.82. The zero-order valence-electron chi connectivity index (χ0n) is 11.1. The molecule has 96 valence electrons. The third kappa shape index (κ3) is 3.80. The first kappa shape index (κ1) is 14.2. The molecule has 0 heterocycles. The molecule has 3 N–H and O–H groups in total. The summed E-state index contributed by atoms with van der Waals surface area (Å²) in [5.41, 5.74) is 9.26. The van der Waals surface area contributed by atoms with Crippen molar-refractivity contribution >= 4 is 0 Å². The van der Waals surface area contributed by atoms with Crippen LogP contribution in [0.5, 0.6) is 0 Å². The van der Waals surface area contributed by atoms with E-state index in [-0.39, 0.29) is 12.2 Å². The minimum Gasteiger partial charge on any atom is -0.391 e. The molecule has 3 unspecified atom stereocenters. The van der Waals surface area contributed by atoms with Crippen molar-refractivity contribution in [2.24, 2.45) is 5.73 Å². The van der Waals surface area contributed by atoms with E-state index in [0.717, 1.165) is 5.56 Å². The molecule has 0 aliphatic carbocycles. The van der Waals surface area contributed by atoms with E-state index in [0.29, 0.717) is 6.54 Å². The third-order valence-electron chi connectivity index (χ3n) is 3.04. The first-order chi connectivity index (χ1) is 7.95. The maximum Gasteiger partial charge on any atom is 0.0954 e. The number of nitrogens with two attached hydrogens (primary N) is 1. The highest BCUT2D eigenvalue weighted by Crippen LogP contribution is 2.23. The molecule has 1 aromatic carbocycles. The van der Waals surface area contributed by atoms with E-state index in [1.165, 1.54) is 11.1 Å². The lowest BCUT2D eigenvalue weighted by molar-refractivity contribution is -0.0593. The van der Waals surface area contributed by atoms with Crippen LogP contribution in [0.3, 0.4) is 0 Å². The SMILES string of the molecule is Cc1ccc(C(CN)OC(C)C(C)O)c(C)c1. The van der Waals surface area contributed by atoms with E-state index >= 15 is 0 Å². The van der Waals surface area contributed by atoms with E-state index in [1.54, 1.807) is 6.92 Å². The van der Waals surface area contributed by atoms with Crippen LogP contribution in [-0.2, 0) is 4.74 Å². The van der Waals surface area contributed by atoms with Crippen LogP contribution < -0.4 is 5.73 Å². The third-order valence-corrected chi connectivity index (χ3v) is 3.04. The van der Waals surface area contributed by atoms with Crippen molar-refractivity contribution in [3.05, 3.63) is 34.9 Å². The van der Waals surface area contributed by atoms with Crippen LogP contribution in [0, 0.1) is 13.8 Å². The summed E-state index contributed by atoms with van der Waals surface area (Å²) in [5.74, 6) is 0. The van der Waals surface area contributed by atoms with Gasteiger partial charge in [-0.2, -0.15) is 0 Å². The van der Waals surface area contributed by atoms with Crippen LogP contribution in [0.4, 0.5) is 0 Å². The Labute approximate surface area is 104 Å². The highest BCUT2D eigenvalue weighted by molar-refractivity contribution is 5.32. The first-order valence-corrected chi connectivity index (χ1v) is 6.06. The van der Waals surface area contributed by atoms with Crippen LogP contribution in [0.25, 0.3) is 0 Å². The van der Waals surface area contributed by atoms with Crippen molar-refractivity contribution in [2.75, 3.05) is 6.54 Å². The number of aliphatic hydroxyl groups excluding tert-OH is 1. The molecule has 0 spiro atoms. The van der Waals surface area contributed by atoms with E-state index < -0.39 is 6.10 Å². The fourth-order valence-electron chi connectivity index (χ4n) is 1.82. The molecule has 0 saturated carbocycles. The van der Waals surface area contributed by atoms with Crippen LogP contribution in [0.1, 0.15) is 36.6 Å². The summed E-state index contributed by atoms with van der Waals surface area (Å²) in [6, 6.07) is 6.23. The predicted octanol–water partition coefficient (Wildman–Crippen LogP) is 2.09. The van der Waals surface area contributed by atoms with Crippen molar-refractivity contribution in [1.29, 1.82) is 0 Å². The molecule has 17 heavy (non-hydrogen) atoms. The summed E-state index contributed by atoms with van der Waals surface area (Å²) in [4.78, 5) is 0. The lowest BCUT2D eigenvalue weighted by atomic mass is 10.0. The topological polar surface area (TPSA) is 55.5 Å². The normalized spacial score (nSPS) is 16.6. The van der Waals surface area contributed by atoms with Gasteiger partial charge in [-0.15, -0.1) is 0 Å². The van der Waals surface area contributed by atoms with E-state index in [4.69, 9.17) is 10.5 Å². The molecule has 1 aromatic rings. The van der Waals surface area contributed by atoms with Gasteiger partial charge in [0.05, 0.1) is 18.3 Å². The van der Waals surface area contributed by atoms with E-state index in [1.807, 2.05) is 6.92 Å². The lowest BCUT2D eigenvalue weighted by Crippen LogP contribution is -2.28. The van der Waals surface area contributed by atoms with Gasteiger partial charge in [-0.25, -0.2) is 0 Å². The van der Waals surface area contributed by atoms with Gasteiger partial charge in [-0.3, -0.25) is 0 Å². The van der Waals surface area contributed by atoms with Crippen molar-refractivity contribution in [3.63, 3.8) is 0 Å². The zero-order chi connectivity index (χ0) is 13.0. The van der Waals surface area contributed by atoms with Crippen molar-refractivity contribution in [1.82, 2.24) is 0 Å². The lowest BCUT2D eigenvalue weighted by Gasteiger charge is -2.24. The molecule has 0 bridgehead atoms. The van der Waals surface area contributed by atoms with Gasteiger partial charge < -0.3 is 15.6 Å². The van der Waals surface area contributed by atoms with Crippen LogP contribution >= 0.6 is 0 Å². The summed E-state index contributed by atoms with van der Waals surface area (Å²) in [6.45, 7) is 8.12. The zero-order valence-corrected chi connectivity index (χ0v) is 11.1. The molecule has 0 aliphatic heterocycles. The Bertz CT molecular complexity index is 363. The second-order valence-corrected chi connectivity index (χ2v) is 4.67. The smallest absolute Gasteiger partial charge is 0.0954 e. The van der Waals surface area contributed by atoms with Gasteiger partial charge in [0.25, 0.3) is 0 Å². The minimum atomic E-state index is -0.491. The fraction of sp³-hybridized carbons (Fsp3) is 0.571. The molecule has 3 nitrogen and oxygen atoms in total. The summed E-state index contributed by atoms with van der Waals surface area (Å²) >= 11 is 0. The quantitative estimate of drug-likeness (QED) is 0.824. The number of benzene rings is 1. The maximum atomic E-state index is 9.46. The predicted molar refractivity (Wildman–Crippen MR) is 69.9 cm³/mol. The Balaban J connectivity index is 2.86. The Morgan fingerprint density at radius 1 is 1.29 bits per heavy atom. The van der Waals surface area contributed by atoms with Crippen molar-refractivity contribution < 1.29 is 9.84 Å². The maximum absolute atomic E-state index is 9.46. The van der Waals surface area contributed by atoms with Gasteiger partial charge in [-0.1, -0.05) is 23.8 Å².